The third-order valence-corrected chi connectivity index (χ3v) is 2.38. The van der Waals surface area contributed by atoms with Crippen molar-refractivity contribution in [2.45, 2.75) is 6.92 Å². The number of carbonyl (C=O) groups excluding carboxylic acids is 1. The summed E-state index contributed by atoms with van der Waals surface area (Å²) in [5.74, 6) is 4.10. The summed E-state index contributed by atoms with van der Waals surface area (Å²) in [7, 11) is 0. The lowest BCUT2D eigenvalue weighted by Crippen LogP contribution is -2.08. The van der Waals surface area contributed by atoms with Crippen molar-refractivity contribution in [3.8, 4) is 0 Å². The highest BCUT2D eigenvalue weighted by atomic mass is 127. The highest BCUT2D eigenvalue weighted by Gasteiger charge is 2.01. The Morgan fingerprint density at radius 2 is 2.44 bits per heavy atom. The van der Waals surface area contributed by atoms with Crippen LogP contribution in [0, 0.1) is 0 Å². The van der Waals surface area contributed by atoms with Crippen LogP contribution in [-0.2, 0) is 9.63 Å². The minimum atomic E-state index is -0.499. The van der Waals surface area contributed by atoms with Crippen molar-refractivity contribution in [3.63, 3.8) is 0 Å². The molecule has 0 amide bonds. The van der Waals surface area contributed by atoms with Crippen molar-refractivity contribution in [1.82, 2.24) is 0 Å². The predicted octanol–water partition coefficient (Wildman–Crippen LogP) is 0.710. The van der Waals surface area contributed by atoms with Crippen molar-refractivity contribution in [1.29, 1.82) is 0 Å². The standard InChI is InChI=1S/C5H8INO2/c1-3-6-4(2)5(8)9-7/h3H,2,7H2,1H3. The second-order valence-corrected chi connectivity index (χ2v) is 4.31. The first-order valence-corrected chi connectivity index (χ1v) is 4.56. The smallest absolute Gasteiger partial charge is 0.361 e. The Hall–Kier alpha value is -0.230. The van der Waals surface area contributed by atoms with Gasteiger partial charge in [-0.25, -0.2) is 4.79 Å². The van der Waals surface area contributed by atoms with Gasteiger partial charge in [-0.05, 0) is 6.92 Å². The molecular weight excluding hydrogens is 233 g/mol. The van der Waals surface area contributed by atoms with Gasteiger partial charge in [-0.2, -0.15) is 5.90 Å². The van der Waals surface area contributed by atoms with Crippen LogP contribution in [0.4, 0.5) is 0 Å². The van der Waals surface area contributed by atoms with Gasteiger partial charge < -0.3 is 4.84 Å². The van der Waals surface area contributed by atoms with Gasteiger partial charge in [-0.1, -0.05) is 31.3 Å². The molecule has 9 heavy (non-hydrogen) atoms. The number of nitrogens with two attached hydrogens (primary N) is 1. The van der Waals surface area contributed by atoms with E-state index in [2.05, 4.69) is 17.3 Å². The Labute approximate surface area is 63.6 Å². The fourth-order valence-electron chi connectivity index (χ4n) is 0.240. The molecule has 0 atom stereocenters. The lowest BCUT2D eigenvalue weighted by Gasteiger charge is -1.92. The maximum atomic E-state index is 10.5. The lowest BCUT2D eigenvalue weighted by atomic mass is 10.7. The molecule has 0 saturated carbocycles. The zero-order valence-electron chi connectivity index (χ0n) is 5.06. The van der Waals surface area contributed by atoms with Gasteiger partial charge in [0, 0.05) is 0 Å². The summed E-state index contributed by atoms with van der Waals surface area (Å²) in [4.78, 5) is 14.4. The molecule has 0 aromatic rings. The molecule has 0 bridgehead atoms. The van der Waals surface area contributed by atoms with E-state index in [0.29, 0.717) is 3.58 Å². The van der Waals surface area contributed by atoms with Crippen LogP contribution in [0.25, 0.3) is 0 Å². The van der Waals surface area contributed by atoms with Gasteiger partial charge in [-0.15, -0.1) is 0 Å². The molecule has 0 heterocycles. The first-order valence-electron chi connectivity index (χ1n) is 2.23. The Kier molecular flexibility index (Phi) is 4.51. The fraction of sp³-hybridized carbons (Fsp3) is 0.200. The Balaban J connectivity index is 3.89. The van der Waals surface area contributed by atoms with Gasteiger partial charge in [0.15, 0.2) is 0 Å². The summed E-state index contributed by atoms with van der Waals surface area (Å²) in [6.07, 6.45) is 0. The third-order valence-electron chi connectivity index (χ3n) is 0.569. The van der Waals surface area contributed by atoms with Crippen molar-refractivity contribution in [2.24, 2.45) is 5.90 Å². The normalized spacial score (nSPS) is 10.4. The number of hydrogen-bond acceptors (Lipinski definition) is 3. The molecule has 0 aromatic heterocycles. The highest BCUT2D eigenvalue weighted by Crippen LogP contribution is 2.10. The topological polar surface area (TPSA) is 52.3 Å². The van der Waals surface area contributed by atoms with Crippen LogP contribution >= 0.6 is 20.7 Å². The molecule has 0 unspecified atom stereocenters. The Morgan fingerprint density at radius 1 is 1.89 bits per heavy atom. The molecule has 52 valence electrons. The summed E-state index contributed by atoms with van der Waals surface area (Å²) in [6.45, 7) is 5.36. The van der Waals surface area contributed by atoms with Crippen molar-refractivity contribution >= 4 is 30.7 Å². The van der Waals surface area contributed by atoms with E-state index in [1.54, 1.807) is 0 Å². The maximum Gasteiger partial charge on any atom is 0.361 e. The van der Waals surface area contributed by atoms with Gasteiger partial charge >= 0.3 is 5.97 Å². The second kappa shape index (κ2) is 4.63. The molecule has 0 saturated heterocycles. The average Bonchev–Trinajstić information content (AvgIpc) is 1.87. The summed E-state index contributed by atoms with van der Waals surface area (Å²) >= 11 is -0.355. The second-order valence-electron chi connectivity index (χ2n) is 1.14. The molecule has 3 nitrogen and oxygen atoms in total. The summed E-state index contributed by atoms with van der Waals surface area (Å²) in [5, 5.41) is 0. The first kappa shape index (κ1) is 8.77. The van der Waals surface area contributed by atoms with Crippen molar-refractivity contribution < 1.29 is 9.63 Å². The molecule has 0 spiro atoms. The molecule has 2 N–H and O–H groups in total. The lowest BCUT2D eigenvalue weighted by molar-refractivity contribution is -0.138. The van der Waals surface area contributed by atoms with Crippen LogP contribution in [0.5, 0.6) is 0 Å². The summed E-state index contributed by atoms with van der Waals surface area (Å²) < 4.78 is 2.40. The molecular formula is C5H8INO2. The molecule has 0 aliphatic carbocycles. The zero-order chi connectivity index (χ0) is 7.28. The molecule has 0 aromatic carbocycles. The molecule has 0 aliphatic rings. The maximum absolute atomic E-state index is 10.5. The molecule has 0 rings (SSSR count). The van der Waals surface area contributed by atoms with E-state index in [1.165, 1.54) is 0 Å². The van der Waals surface area contributed by atoms with Gasteiger partial charge in [0.1, 0.15) is 0 Å². The van der Waals surface area contributed by atoms with Crippen LogP contribution in [0.1, 0.15) is 6.92 Å². The van der Waals surface area contributed by atoms with E-state index in [1.807, 2.05) is 10.9 Å². The van der Waals surface area contributed by atoms with Gasteiger partial charge in [0.05, 0.1) is 3.58 Å². The number of hydrogen-bond donors (Lipinski definition) is 1. The first-order chi connectivity index (χ1) is 4.22. The molecule has 0 aliphatic heterocycles. The number of rotatable bonds is 2. The molecule has 0 fully saturated rings. The van der Waals surface area contributed by atoms with Crippen LogP contribution in [0.15, 0.2) is 10.2 Å². The zero-order valence-corrected chi connectivity index (χ0v) is 7.21. The van der Waals surface area contributed by atoms with Crippen LogP contribution in [-0.4, -0.2) is 9.98 Å². The van der Waals surface area contributed by atoms with E-state index >= 15 is 0 Å². The van der Waals surface area contributed by atoms with E-state index in [9.17, 15) is 4.79 Å². The van der Waals surface area contributed by atoms with Crippen molar-refractivity contribution in [2.75, 3.05) is 0 Å². The van der Waals surface area contributed by atoms with Gasteiger partial charge in [-0.3, -0.25) is 0 Å². The predicted molar refractivity (Wildman–Crippen MR) is 45.2 cm³/mol. The van der Waals surface area contributed by atoms with E-state index < -0.39 is 5.97 Å². The minimum absolute atomic E-state index is 0.355. The average molecular weight is 241 g/mol. The van der Waals surface area contributed by atoms with Crippen molar-refractivity contribution in [3.05, 3.63) is 10.2 Å². The quantitative estimate of drug-likeness (QED) is 0.440. The Morgan fingerprint density at radius 3 is 2.78 bits per heavy atom. The van der Waals surface area contributed by atoms with Crippen LogP contribution in [0.2, 0.25) is 0 Å². The molecule has 0 radical (unpaired) electrons. The van der Waals surface area contributed by atoms with E-state index in [-0.39, 0.29) is 20.7 Å². The molecule has 4 heteroatoms. The number of carbonyl (C=O) groups is 1. The Bertz CT molecular complexity index is 153. The largest absolute Gasteiger partial charge is 0.369 e. The summed E-state index contributed by atoms with van der Waals surface area (Å²) in [6, 6.07) is 0. The third kappa shape index (κ3) is 3.36. The monoisotopic (exact) mass is 241 g/mol. The fourth-order valence-corrected chi connectivity index (χ4v) is 1.37. The van der Waals surface area contributed by atoms with Crippen LogP contribution < -0.4 is 5.90 Å². The van der Waals surface area contributed by atoms with Crippen LogP contribution in [0.3, 0.4) is 0 Å². The minimum Gasteiger partial charge on any atom is -0.369 e. The summed E-state index contributed by atoms with van der Waals surface area (Å²) in [5.41, 5.74) is 0. The SMILES string of the molecule is C=C(I=CC)C(=O)ON. The van der Waals surface area contributed by atoms with E-state index in [4.69, 9.17) is 0 Å². The van der Waals surface area contributed by atoms with Gasteiger partial charge in [0.2, 0.25) is 0 Å². The van der Waals surface area contributed by atoms with Gasteiger partial charge in [0.25, 0.3) is 0 Å². The van der Waals surface area contributed by atoms with E-state index in [0.717, 1.165) is 0 Å². The highest BCUT2D eigenvalue weighted by molar-refractivity contribution is 14.2. The number of halogens is 1.